The highest BCUT2D eigenvalue weighted by molar-refractivity contribution is 5.77. The third-order valence-corrected chi connectivity index (χ3v) is 3.37. The van der Waals surface area contributed by atoms with Gasteiger partial charge in [-0.3, -0.25) is 4.79 Å². The zero-order valence-corrected chi connectivity index (χ0v) is 13.3. The maximum atomic E-state index is 13.3. The molecule has 2 aromatic heterocycles. The zero-order valence-electron chi connectivity index (χ0n) is 13.3. The molecule has 11 heteroatoms. The van der Waals surface area contributed by atoms with Crippen LogP contribution in [0.1, 0.15) is 12.2 Å². The Morgan fingerprint density at radius 2 is 1.88 bits per heavy atom. The molecule has 0 bridgehead atoms. The molecule has 136 valence electrons. The van der Waals surface area contributed by atoms with Gasteiger partial charge in [-0.05, 0) is 6.07 Å². The number of carbonyl (C=O) groups excluding carboxylic acids is 1. The number of hydrogen-bond acceptors (Lipinski definition) is 6. The minimum atomic E-state index is -5.06. The average molecular weight is 358 g/mol. The average Bonchev–Trinajstić information content (AvgIpc) is 2.98. The van der Waals surface area contributed by atoms with Crippen LogP contribution in [-0.2, 0) is 17.4 Å². The molecule has 0 radical (unpaired) electrons. The van der Waals surface area contributed by atoms with E-state index in [1.165, 1.54) is 25.6 Å². The number of rotatable bonds is 7. The Morgan fingerprint density at radius 3 is 2.44 bits per heavy atom. The number of carbonyl (C=O) groups is 1. The van der Waals surface area contributed by atoms with Gasteiger partial charge in [0, 0.05) is 44.9 Å². The summed E-state index contributed by atoms with van der Waals surface area (Å²) in [5.41, 5.74) is -3.37. The molecular formula is C14H17F3N6O2. The second-order valence-corrected chi connectivity index (χ2v) is 5.25. The Morgan fingerprint density at radius 1 is 1.20 bits per heavy atom. The number of anilines is 1. The maximum absolute atomic E-state index is 13.3. The first-order valence-electron chi connectivity index (χ1n) is 7.28. The van der Waals surface area contributed by atoms with E-state index in [4.69, 9.17) is 0 Å². The number of imidazole rings is 1. The van der Waals surface area contributed by atoms with Gasteiger partial charge in [0.25, 0.3) is 0 Å². The van der Waals surface area contributed by atoms with Crippen LogP contribution in [0.5, 0.6) is 0 Å². The highest BCUT2D eigenvalue weighted by Crippen LogP contribution is 2.40. The summed E-state index contributed by atoms with van der Waals surface area (Å²) < 4.78 is 40.9. The largest absolute Gasteiger partial charge is 0.425 e. The molecule has 0 aliphatic heterocycles. The van der Waals surface area contributed by atoms with E-state index in [2.05, 4.69) is 25.6 Å². The van der Waals surface area contributed by atoms with E-state index in [0.29, 0.717) is 5.95 Å². The number of alkyl halides is 3. The normalized spacial score (nSPS) is 14.0. The number of nitrogens with zero attached hydrogens (tertiary/aromatic N) is 4. The summed E-state index contributed by atoms with van der Waals surface area (Å²) in [6, 6.07) is 1.63. The van der Waals surface area contributed by atoms with Crippen molar-refractivity contribution in [3.8, 4) is 0 Å². The SMILES string of the molecule is Cn1ccnc1C(O)(CC(=O)NCCNc1ncccn1)C(F)(F)F. The van der Waals surface area contributed by atoms with Gasteiger partial charge in [-0.25, -0.2) is 15.0 Å². The third kappa shape index (κ3) is 4.44. The molecule has 0 saturated heterocycles. The van der Waals surface area contributed by atoms with Crippen molar-refractivity contribution in [1.82, 2.24) is 24.8 Å². The van der Waals surface area contributed by atoms with Crippen molar-refractivity contribution in [2.45, 2.75) is 18.2 Å². The van der Waals surface area contributed by atoms with Crippen LogP contribution in [0.4, 0.5) is 19.1 Å². The Hall–Kier alpha value is -2.69. The summed E-state index contributed by atoms with van der Waals surface area (Å²) in [6.07, 6.45) is -0.835. The topological polar surface area (TPSA) is 105 Å². The summed E-state index contributed by atoms with van der Waals surface area (Å²) in [6.45, 7) is 0.244. The summed E-state index contributed by atoms with van der Waals surface area (Å²) in [5, 5.41) is 15.2. The Balaban J connectivity index is 1.93. The summed E-state index contributed by atoms with van der Waals surface area (Å²) in [7, 11) is 1.31. The number of nitrogens with one attached hydrogen (secondary N) is 2. The van der Waals surface area contributed by atoms with E-state index in [1.807, 2.05) is 0 Å². The second-order valence-electron chi connectivity index (χ2n) is 5.25. The number of aliphatic hydroxyl groups is 1. The number of aryl methyl sites for hydroxylation is 1. The van der Waals surface area contributed by atoms with Gasteiger partial charge < -0.3 is 20.3 Å². The monoisotopic (exact) mass is 358 g/mol. The lowest BCUT2D eigenvalue weighted by atomic mass is 9.97. The standard InChI is InChI=1S/C14H17F3N6O2/c1-23-8-7-19-11(23)13(25,14(15,16)17)9-10(24)18-5-6-22-12-20-3-2-4-21-12/h2-4,7-8,25H,5-6,9H2,1H3,(H,18,24)(H,20,21,22). The molecule has 0 aliphatic carbocycles. The van der Waals surface area contributed by atoms with Crippen LogP contribution in [0.2, 0.25) is 0 Å². The first-order valence-corrected chi connectivity index (χ1v) is 7.28. The smallest absolute Gasteiger partial charge is 0.374 e. The fourth-order valence-corrected chi connectivity index (χ4v) is 2.13. The van der Waals surface area contributed by atoms with Crippen LogP contribution >= 0.6 is 0 Å². The van der Waals surface area contributed by atoms with Gasteiger partial charge in [0.1, 0.15) is 0 Å². The van der Waals surface area contributed by atoms with E-state index in [9.17, 15) is 23.1 Å². The number of halogens is 3. The predicted molar refractivity (Wildman–Crippen MR) is 81.3 cm³/mol. The van der Waals surface area contributed by atoms with Crippen LogP contribution in [0.3, 0.4) is 0 Å². The molecule has 1 atom stereocenters. The fraction of sp³-hybridized carbons (Fsp3) is 0.429. The van der Waals surface area contributed by atoms with E-state index < -0.39 is 29.9 Å². The minimum absolute atomic E-state index is 0.0333. The zero-order chi connectivity index (χ0) is 18.5. The van der Waals surface area contributed by atoms with Crippen molar-refractivity contribution >= 4 is 11.9 Å². The van der Waals surface area contributed by atoms with Crippen LogP contribution in [0.25, 0.3) is 0 Å². The second kappa shape index (κ2) is 7.47. The first kappa shape index (κ1) is 18.6. The molecule has 0 saturated carbocycles. The highest BCUT2D eigenvalue weighted by Gasteiger charge is 2.58. The lowest BCUT2D eigenvalue weighted by molar-refractivity contribution is -0.271. The molecule has 0 spiro atoms. The molecule has 0 fully saturated rings. The Labute approximate surface area is 141 Å². The number of aromatic nitrogens is 4. The molecule has 1 unspecified atom stereocenters. The molecule has 2 heterocycles. The van der Waals surface area contributed by atoms with Gasteiger partial charge in [-0.1, -0.05) is 0 Å². The van der Waals surface area contributed by atoms with E-state index in [-0.39, 0.29) is 13.1 Å². The van der Waals surface area contributed by atoms with E-state index >= 15 is 0 Å². The molecular weight excluding hydrogens is 341 g/mol. The van der Waals surface area contributed by atoms with Gasteiger partial charge in [-0.15, -0.1) is 0 Å². The number of hydrogen-bond donors (Lipinski definition) is 3. The van der Waals surface area contributed by atoms with Crippen LogP contribution in [0, 0.1) is 0 Å². The molecule has 25 heavy (non-hydrogen) atoms. The van der Waals surface area contributed by atoms with Crippen LogP contribution < -0.4 is 10.6 Å². The summed E-state index contributed by atoms with van der Waals surface area (Å²) in [4.78, 5) is 23.2. The lowest BCUT2D eigenvalue weighted by Gasteiger charge is -2.29. The van der Waals surface area contributed by atoms with Gasteiger partial charge in [0.15, 0.2) is 5.82 Å². The predicted octanol–water partition coefficient (Wildman–Crippen LogP) is 0.578. The molecule has 0 aliphatic rings. The van der Waals surface area contributed by atoms with E-state index in [1.54, 1.807) is 6.07 Å². The van der Waals surface area contributed by atoms with E-state index in [0.717, 1.165) is 10.8 Å². The Kier molecular flexibility index (Phi) is 5.57. The molecule has 2 aromatic rings. The van der Waals surface area contributed by atoms with Crippen molar-refractivity contribution in [3.63, 3.8) is 0 Å². The molecule has 3 N–H and O–H groups in total. The van der Waals surface area contributed by atoms with Crippen molar-refractivity contribution < 1.29 is 23.1 Å². The lowest BCUT2D eigenvalue weighted by Crippen LogP contribution is -2.48. The minimum Gasteiger partial charge on any atom is -0.374 e. The molecule has 2 rings (SSSR count). The maximum Gasteiger partial charge on any atom is 0.425 e. The van der Waals surface area contributed by atoms with Crippen LogP contribution in [0.15, 0.2) is 30.9 Å². The third-order valence-electron chi connectivity index (χ3n) is 3.37. The number of amides is 1. The van der Waals surface area contributed by atoms with Gasteiger partial charge in [-0.2, -0.15) is 13.2 Å². The van der Waals surface area contributed by atoms with Gasteiger partial charge in [0.05, 0.1) is 6.42 Å². The van der Waals surface area contributed by atoms with Crippen LogP contribution in [-0.4, -0.2) is 49.8 Å². The first-order chi connectivity index (χ1) is 11.7. The quantitative estimate of drug-likeness (QED) is 0.626. The van der Waals surface area contributed by atoms with Crippen molar-refractivity contribution in [2.75, 3.05) is 18.4 Å². The van der Waals surface area contributed by atoms with Gasteiger partial charge >= 0.3 is 6.18 Å². The highest BCUT2D eigenvalue weighted by atomic mass is 19.4. The van der Waals surface area contributed by atoms with Crippen molar-refractivity contribution in [2.24, 2.45) is 7.05 Å². The molecule has 1 amide bonds. The van der Waals surface area contributed by atoms with Gasteiger partial charge in [0.2, 0.25) is 17.5 Å². The molecule has 8 nitrogen and oxygen atoms in total. The summed E-state index contributed by atoms with van der Waals surface area (Å²) >= 11 is 0. The fourth-order valence-electron chi connectivity index (χ4n) is 2.13. The van der Waals surface area contributed by atoms with Crippen molar-refractivity contribution in [3.05, 3.63) is 36.7 Å². The molecule has 0 aromatic carbocycles. The Bertz CT molecular complexity index is 706. The summed E-state index contributed by atoms with van der Waals surface area (Å²) in [5.74, 6) is -1.28. The van der Waals surface area contributed by atoms with Crippen molar-refractivity contribution in [1.29, 1.82) is 0 Å².